The topological polar surface area (TPSA) is 21.6 Å². The van der Waals surface area contributed by atoms with Gasteiger partial charge in [0.05, 0.1) is 6.04 Å². The van der Waals surface area contributed by atoms with Crippen LogP contribution in [0, 0.1) is 5.41 Å². The zero-order valence-corrected chi connectivity index (χ0v) is 19.4. The van der Waals surface area contributed by atoms with E-state index in [2.05, 4.69) is 106 Å². The van der Waals surface area contributed by atoms with Crippen LogP contribution in [0.4, 0.5) is 0 Å². The zero-order chi connectivity index (χ0) is 19.6. The largest absolute Gasteiger partial charge is 0.475 e. The van der Waals surface area contributed by atoms with Crippen LogP contribution in [0.1, 0.15) is 26.3 Å². The van der Waals surface area contributed by atoms with Crippen molar-refractivity contribution in [3.63, 3.8) is 0 Å². The van der Waals surface area contributed by atoms with Gasteiger partial charge in [-0.3, -0.25) is 0 Å². The smallest absolute Gasteiger partial charge is 0.217 e. The summed E-state index contributed by atoms with van der Waals surface area (Å²) in [6.07, 6.45) is 0. The Balaban J connectivity index is 0.00000240. The number of rotatable bonds is 4. The molecule has 3 aromatic carbocycles. The van der Waals surface area contributed by atoms with Crippen molar-refractivity contribution in [3.8, 4) is 0 Å². The van der Waals surface area contributed by atoms with Gasteiger partial charge in [0, 0.05) is 26.0 Å². The minimum Gasteiger partial charge on any atom is -0.475 e. The molecule has 3 aromatic rings. The van der Waals surface area contributed by atoms with Crippen molar-refractivity contribution in [1.82, 2.24) is 0 Å². The molecule has 0 bridgehead atoms. The minimum absolute atomic E-state index is 0. The molecule has 0 N–H and O–H groups in total. The maximum Gasteiger partial charge on any atom is 0.217 e. The molecule has 4 heteroatoms. The molecular weight excluding hydrogens is 468 g/mol. The molecule has 29 heavy (non-hydrogen) atoms. The minimum atomic E-state index is -0.686. The number of nitrogens with zero attached hydrogens (tertiary/aromatic N) is 1. The Hall–Kier alpha value is -1.78. The molecule has 1 aliphatic rings. The quantitative estimate of drug-likeness (QED) is 0.383. The van der Waals surface area contributed by atoms with Crippen molar-refractivity contribution in [2.45, 2.75) is 26.8 Å². The Bertz CT molecular complexity index is 927. The summed E-state index contributed by atoms with van der Waals surface area (Å²) in [5.41, 5.74) is 1.22. The van der Waals surface area contributed by atoms with Gasteiger partial charge in [-0.1, -0.05) is 99.6 Å². The van der Waals surface area contributed by atoms with Crippen LogP contribution in [-0.4, -0.2) is 18.5 Å². The van der Waals surface area contributed by atoms with E-state index in [9.17, 15) is 0 Å². The average Bonchev–Trinajstić information content (AvgIpc) is 3.21. The third-order valence-electron chi connectivity index (χ3n) is 5.05. The van der Waals surface area contributed by atoms with Gasteiger partial charge < -0.3 is 4.74 Å². The van der Waals surface area contributed by atoms with Crippen LogP contribution in [0.2, 0.25) is 0 Å². The van der Waals surface area contributed by atoms with Gasteiger partial charge in [-0.2, -0.15) is 0 Å². The van der Waals surface area contributed by atoms with E-state index in [1.165, 1.54) is 15.9 Å². The molecule has 0 saturated heterocycles. The van der Waals surface area contributed by atoms with E-state index in [1.807, 2.05) is 0 Å². The molecule has 0 aliphatic carbocycles. The standard InChI is InChI=1S/C25H26NOP.Pd/c1-25(2,3)23-18-27-24(26-23)21-16-10-11-17-22(21)28(19-12-6-4-7-13-19)20-14-8-5-9-15-20;/h4-17,23H,18H2,1-3H3;/t23-;/m1./s1. The maximum atomic E-state index is 6.10. The molecule has 0 spiro atoms. The Morgan fingerprint density at radius 3 is 1.83 bits per heavy atom. The number of ether oxygens (including phenoxy) is 1. The number of benzene rings is 3. The normalized spacial score (nSPS) is 16.1. The molecule has 2 nitrogen and oxygen atoms in total. The molecule has 0 amide bonds. The van der Waals surface area contributed by atoms with Gasteiger partial charge >= 0.3 is 0 Å². The first-order valence-corrected chi connectivity index (χ1v) is 11.1. The molecule has 1 atom stereocenters. The van der Waals surface area contributed by atoms with Gasteiger partial charge in [-0.15, -0.1) is 0 Å². The van der Waals surface area contributed by atoms with E-state index in [-0.39, 0.29) is 31.9 Å². The molecule has 0 fully saturated rings. The summed E-state index contributed by atoms with van der Waals surface area (Å²) >= 11 is 0. The van der Waals surface area contributed by atoms with Crippen LogP contribution < -0.4 is 15.9 Å². The summed E-state index contributed by atoms with van der Waals surface area (Å²) in [4.78, 5) is 4.96. The zero-order valence-electron chi connectivity index (χ0n) is 17.0. The fraction of sp³-hybridized carbons (Fsp3) is 0.240. The van der Waals surface area contributed by atoms with Gasteiger partial charge in [0.15, 0.2) is 0 Å². The van der Waals surface area contributed by atoms with Crippen LogP contribution in [0.5, 0.6) is 0 Å². The second-order valence-corrected chi connectivity index (χ2v) is 10.3. The van der Waals surface area contributed by atoms with Crippen molar-refractivity contribution >= 4 is 29.7 Å². The SMILES string of the molecule is CC(C)(C)[C@H]1COC(c2ccccc2P(c2ccccc2)c2ccccc2)=N1.[Pd]. The Morgan fingerprint density at radius 1 is 0.793 bits per heavy atom. The van der Waals surface area contributed by atoms with Crippen molar-refractivity contribution in [2.24, 2.45) is 10.4 Å². The molecule has 0 radical (unpaired) electrons. The number of hydrogen-bond acceptors (Lipinski definition) is 2. The second-order valence-electron chi connectivity index (χ2n) is 8.15. The fourth-order valence-corrected chi connectivity index (χ4v) is 5.84. The van der Waals surface area contributed by atoms with E-state index < -0.39 is 7.92 Å². The van der Waals surface area contributed by atoms with Crippen LogP contribution >= 0.6 is 7.92 Å². The first-order chi connectivity index (χ1) is 13.5. The summed E-state index contributed by atoms with van der Waals surface area (Å²) in [5.74, 6) is 0.787. The molecule has 0 unspecified atom stereocenters. The molecule has 4 rings (SSSR count). The van der Waals surface area contributed by atoms with Crippen molar-refractivity contribution in [2.75, 3.05) is 6.61 Å². The van der Waals surface area contributed by atoms with Crippen molar-refractivity contribution < 1.29 is 25.2 Å². The van der Waals surface area contributed by atoms with Crippen LogP contribution in [-0.2, 0) is 25.2 Å². The molecule has 1 heterocycles. The molecular formula is C25H26NOPPd. The summed E-state index contributed by atoms with van der Waals surface area (Å²) in [7, 11) is -0.686. The van der Waals surface area contributed by atoms with Gasteiger partial charge in [0.2, 0.25) is 5.90 Å². The summed E-state index contributed by atoms with van der Waals surface area (Å²) in [6, 6.07) is 30.3. The average molecular weight is 494 g/mol. The number of aliphatic imine (C=N–C) groups is 1. The fourth-order valence-electron chi connectivity index (χ4n) is 3.40. The first kappa shape index (κ1) is 21.9. The number of hydrogen-bond donors (Lipinski definition) is 0. The van der Waals surface area contributed by atoms with E-state index in [0.29, 0.717) is 6.61 Å². The van der Waals surface area contributed by atoms with Crippen LogP contribution in [0.3, 0.4) is 0 Å². The van der Waals surface area contributed by atoms with Crippen LogP contribution in [0.15, 0.2) is 89.9 Å². The van der Waals surface area contributed by atoms with E-state index in [4.69, 9.17) is 9.73 Å². The summed E-state index contributed by atoms with van der Waals surface area (Å²) < 4.78 is 6.10. The Kier molecular flexibility index (Phi) is 7.07. The van der Waals surface area contributed by atoms with Crippen molar-refractivity contribution in [3.05, 3.63) is 90.5 Å². The van der Waals surface area contributed by atoms with E-state index in [0.717, 1.165) is 11.5 Å². The van der Waals surface area contributed by atoms with E-state index >= 15 is 0 Å². The second kappa shape index (κ2) is 9.36. The summed E-state index contributed by atoms with van der Waals surface area (Å²) in [6.45, 7) is 7.32. The molecule has 152 valence electrons. The third-order valence-corrected chi connectivity index (χ3v) is 7.56. The van der Waals surface area contributed by atoms with Crippen molar-refractivity contribution in [1.29, 1.82) is 0 Å². The molecule has 0 saturated carbocycles. The predicted molar refractivity (Wildman–Crippen MR) is 121 cm³/mol. The van der Waals surface area contributed by atoms with Crippen LogP contribution in [0.25, 0.3) is 0 Å². The van der Waals surface area contributed by atoms with Gasteiger partial charge in [0.1, 0.15) is 6.61 Å². The third kappa shape index (κ3) is 4.87. The van der Waals surface area contributed by atoms with Gasteiger partial charge in [0.25, 0.3) is 0 Å². The monoisotopic (exact) mass is 493 g/mol. The molecule has 1 aliphatic heterocycles. The van der Waals surface area contributed by atoms with E-state index in [1.54, 1.807) is 0 Å². The summed E-state index contributed by atoms with van der Waals surface area (Å²) in [5, 5.41) is 3.97. The Labute approximate surface area is 188 Å². The molecule has 0 aromatic heterocycles. The predicted octanol–water partition coefficient (Wildman–Crippen LogP) is 4.63. The maximum absolute atomic E-state index is 6.10. The van der Waals surface area contributed by atoms with Gasteiger partial charge in [-0.25, -0.2) is 4.99 Å². The first-order valence-electron chi connectivity index (χ1n) is 9.74. The van der Waals surface area contributed by atoms with Gasteiger partial charge in [-0.05, 0) is 35.3 Å². The Morgan fingerprint density at radius 2 is 1.31 bits per heavy atom.